The molecule has 0 unspecified atom stereocenters. The molecule has 1 aromatic heterocycles. The van der Waals surface area contributed by atoms with E-state index >= 15 is 0 Å². The molecular formula is C15H9BrClF4NS. The van der Waals surface area contributed by atoms with E-state index in [4.69, 9.17) is 18.0 Å². The Labute approximate surface area is 143 Å². The van der Waals surface area contributed by atoms with Crippen LogP contribution in [0, 0.1) is 12.3 Å². The fraction of sp³-hybridized carbons (Fsp3) is 0. The molecule has 0 bridgehead atoms. The van der Waals surface area contributed by atoms with Gasteiger partial charge in [0.25, 0.3) is 0 Å². The molecule has 8 heteroatoms. The molecule has 0 aliphatic carbocycles. The van der Waals surface area contributed by atoms with Gasteiger partial charge in [-0.05, 0) is 45.8 Å². The highest BCUT2D eigenvalue weighted by Crippen LogP contribution is 3.01. The van der Waals surface area contributed by atoms with E-state index in [1.165, 1.54) is 24.3 Å². The van der Waals surface area contributed by atoms with Crippen molar-refractivity contribution in [3.05, 3.63) is 63.6 Å². The van der Waals surface area contributed by atoms with Crippen molar-refractivity contribution in [3.63, 3.8) is 0 Å². The molecule has 0 N–H and O–H groups in total. The summed E-state index contributed by atoms with van der Waals surface area (Å²) in [5, 5.41) is -2.90. The molecule has 23 heavy (non-hydrogen) atoms. The van der Waals surface area contributed by atoms with Crippen LogP contribution < -0.4 is 0 Å². The molecule has 2 rings (SSSR count). The third-order valence-electron chi connectivity index (χ3n) is 2.81. The summed E-state index contributed by atoms with van der Waals surface area (Å²) in [5.74, 6) is 2.32. The molecule has 0 atom stereocenters. The molecule has 0 saturated carbocycles. The van der Waals surface area contributed by atoms with Gasteiger partial charge in [-0.25, -0.2) is 4.98 Å². The van der Waals surface area contributed by atoms with Crippen LogP contribution in [0.3, 0.4) is 0 Å². The average Bonchev–Trinajstić information content (AvgIpc) is 2.46. The summed E-state index contributed by atoms with van der Waals surface area (Å²) in [4.78, 5) is 3.14. The molecular weight excluding hydrogens is 418 g/mol. The summed E-state index contributed by atoms with van der Waals surface area (Å²) in [5.41, 5.74) is 0.471. The predicted molar refractivity (Wildman–Crippen MR) is 90.4 cm³/mol. The molecule has 0 aliphatic rings. The summed E-state index contributed by atoms with van der Waals surface area (Å²) < 4.78 is 57.3. The molecule has 1 heterocycles. The maximum atomic E-state index is 14.3. The van der Waals surface area contributed by atoms with Crippen molar-refractivity contribution in [2.75, 3.05) is 0 Å². The number of benzene rings is 1. The summed E-state index contributed by atoms with van der Waals surface area (Å²) in [7, 11) is -8.77. The van der Waals surface area contributed by atoms with E-state index in [1.807, 2.05) is 0 Å². The Kier molecular flexibility index (Phi) is 4.09. The van der Waals surface area contributed by atoms with Gasteiger partial charge in [-0.2, -0.15) is 0 Å². The third kappa shape index (κ3) is 4.08. The molecule has 0 spiro atoms. The van der Waals surface area contributed by atoms with Crippen LogP contribution in [0.15, 0.2) is 57.5 Å². The number of rotatable bonds is 3. The van der Waals surface area contributed by atoms with E-state index in [1.54, 1.807) is 0 Å². The minimum Gasteiger partial charge on any atom is -0.242 e. The number of hydrogen-bond acceptors (Lipinski definition) is 1. The standard InChI is InChI=1S/C15H9BrClF4NS/c1-2-11-3-5-12(6-4-11)14(17)10-23(18,19,20,21)15-8-7-13(16)9-22-15/h1,3-10H. The first-order valence-corrected chi connectivity index (χ1v) is 9.30. The van der Waals surface area contributed by atoms with Gasteiger partial charge in [0.15, 0.2) is 5.03 Å². The van der Waals surface area contributed by atoms with Gasteiger partial charge in [0.1, 0.15) is 0 Å². The van der Waals surface area contributed by atoms with Gasteiger partial charge in [0, 0.05) is 16.2 Å². The first-order valence-electron chi connectivity index (χ1n) is 6.01. The van der Waals surface area contributed by atoms with Gasteiger partial charge >= 0.3 is 0 Å². The van der Waals surface area contributed by atoms with Gasteiger partial charge < -0.3 is 0 Å². The normalized spacial score (nSPS) is 15.4. The molecule has 1 nitrogen and oxygen atoms in total. The second-order valence-electron chi connectivity index (χ2n) is 4.63. The lowest BCUT2D eigenvalue weighted by atomic mass is 10.1. The number of terminal acetylenes is 1. The van der Waals surface area contributed by atoms with E-state index in [9.17, 15) is 15.5 Å². The zero-order valence-corrected chi connectivity index (χ0v) is 14.5. The highest BCUT2D eigenvalue weighted by atomic mass is 79.9. The average molecular weight is 427 g/mol. The van der Waals surface area contributed by atoms with Crippen LogP contribution in [0.5, 0.6) is 0 Å². The molecule has 1 aromatic carbocycles. The molecule has 0 fully saturated rings. The van der Waals surface area contributed by atoms with Crippen LogP contribution in [-0.4, -0.2) is 4.98 Å². The molecule has 0 radical (unpaired) electrons. The smallest absolute Gasteiger partial charge is 0.220 e. The van der Waals surface area contributed by atoms with Crippen molar-refractivity contribution in [1.29, 1.82) is 0 Å². The summed E-state index contributed by atoms with van der Waals surface area (Å²) in [6.07, 6.45) is 6.04. The van der Waals surface area contributed by atoms with E-state index in [-0.39, 0.29) is 5.56 Å². The molecule has 122 valence electrons. The predicted octanol–water partition coefficient (Wildman–Crippen LogP) is 6.84. The second kappa shape index (κ2) is 5.26. The maximum absolute atomic E-state index is 14.3. The minimum absolute atomic E-state index is 0.00150. The van der Waals surface area contributed by atoms with Gasteiger partial charge in [0.2, 0.25) is 9.84 Å². The van der Waals surface area contributed by atoms with Crippen LogP contribution in [0.2, 0.25) is 0 Å². The lowest BCUT2D eigenvalue weighted by Gasteiger charge is -2.46. The van der Waals surface area contributed by atoms with E-state index in [0.29, 0.717) is 16.1 Å². The number of pyridine rings is 1. The Morgan fingerprint density at radius 2 is 1.74 bits per heavy atom. The Morgan fingerprint density at radius 1 is 1.13 bits per heavy atom. The van der Waals surface area contributed by atoms with Gasteiger partial charge in [-0.3, -0.25) is 0 Å². The molecule has 0 saturated heterocycles. The first kappa shape index (κ1) is 17.9. The van der Waals surface area contributed by atoms with Gasteiger partial charge in [-0.15, -0.1) is 22.0 Å². The Balaban J connectivity index is 2.55. The monoisotopic (exact) mass is 425 g/mol. The van der Waals surface area contributed by atoms with Crippen molar-refractivity contribution >= 4 is 42.4 Å². The number of nitrogens with zero attached hydrogens (tertiary/aromatic N) is 1. The van der Waals surface area contributed by atoms with Gasteiger partial charge in [-0.1, -0.05) is 29.7 Å². The third-order valence-corrected chi connectivity index (χ3v) is 5.56. The van der Waals surface area contributed by atoms with Crippen LogP contribution in [0.4, 0.5) is 15.5 Å². The maximum Gasteiger partial charge on any atom is 0.220 e. The number of hydrogen-bond donors (Lipinski definition) is 0. The Bertz CT molecular complexity index is 820. The van der Waals surface area contributed by atoms with Crippen molar-refractivity contribution in [2.45, 2.75) is 5.03 Å². The van der Waals surface area contributed by atoms with Crippen molar-refractivity contribution in [1.82, 2.24) is 4.98 Å². The number of halogens is 6. The van der Waals surface area contributed by atoms with E-state index in [2.05, 4.69) is 26.8 Å². The minimum atomic E-state index is -8.77. The quantitative estimate of drug-likeness (QED) is 0.387. The largest absolute Gasteiger partial charge is 0.242 e. The van der Waals surface area contributed by atoms with Crippen LogP contribution >= 0.6 is 37.4 Å². The lowest BCUT2D eigenvalue weighted by Crippen LogP contribution is -2.12. The molecule has 0 amide bonds. The van der Waals surface area contributed by atoms with Crippen molar-refractivity contribution in [3.8, 4) is 12.3 Å². The van der Waals surface area contributed by atoms with E-state index in [0.717, 1.165) is 12.3 Å². The molecule has 0 aliphatic heterocycles. The Morgan fingerprint density at radius 3 is 2.22 bits per heavy atom. The van der Waals surface area contributed by atoms with Crippen LogP contribution in [0.25, 0.3) is 5.03 Å². The highest BCUT2D eigenvalue weighted by molar-refractivity contribution is 9.10. The zero-order valence-electron chi connectivity index (χ0n) is 11.3. The van der Waals surface area contributed by atoms with Crippen molar-refractivity contribution < 1.29 is 15.5 Å². The fourth-order valence-electron chi connectivity index (χ4n) is 1.68. The zero-order chi connectivity index (χ0) is 17.4. The topological polar surface area (TPSA) is 12.9 Å². The summed E-state index contributed by atoms with van der Waals surface area (Å²) >= 11 is 8.64. The molecule has 2 aromatic rings. The van der Waals surface area contributed by atoms with E-state index < -0.39 is 25.3 Å². The Hall–Kier alpha value is -1.49. The fourth-order valence-corrected chi connectivity index (χ4v) is 3.87. The number of aromatic nitrogens is 1. The summed E-state index contributed by atoms with van der Waals surface area (Å²) in [6, 6.07) is 7.03. The van der Waals surface area contributed by atoms with Crippen molar-refractivity contribution in [2.24, 2.45) is 0 Å². The van der Waals surface area contributed by atoms with Gasteiger partial charge in [0.05, 0.1) is 10.4 Å². The second-order valence-corrected chi connectivity index (χ2v) is 8.88. The van der Waals surface area contributed by atoms with Crippen LogP contribution in [-0.2, 0) is 0 Å². The lowest BCUT2D eigenvalue weighted by molar-refractivity contribution is 0.459. The first-order chi connectivity index (χ1) is 10.4. The SMILES string of the molecule is C#Cc1ccc(C(Cl)=CS(F)(F)(F)(F)c2ccc(Br)cn2)cc1. The highest BCUT2D eigenvalue weighted by Gasteiger charge is 2.64. The van der Waals surface area contributed by atoms with Crippen LogP contribution in [0.1, 0.15) is 11.1 Å². The summed E-state index contributed by atoms with van der Waals surface area (Å²) in [6.45, 7) is 0.